The average Bonchev–Trinajstić information content (AvgIpc) is 3.25. The van der Waals surface area contributed by atoms with Crippen molar-refractivity contribution in [3.05, 3.63) is 65.2 Å². The molecule has 2 saturated heterocycles. The monoisotopic (exact) mass is 508 g/mol. The van der Waals surface area contributed by atoms with Crippen LogP contribution in [-0.4, -0.2) is 45.4 Å². The number of methoxy groups -OCH3 is 3. The highest BCUT2D eigenvalue weighted by atomic mass is 32.2. The number of carbonyl (C=O) groups excluding carboxylic acids is 1. The number of hydrogen-bond acceptors (Lipinski definition) is 7. The second-order valence-corrected chi connectivity index (χ2v) is 12.1. The Labute approximate surface area is 213 Å². The van der Waals surface area contributed by atoms with Crippen LogP contribution in [0, 0.1) is 11.8 Å². The molecular formula is C28H28O5S2. The first-order chi connectivity index (χ1) is 17.1. The number of cyclic esters (lactones) is 1. The van der Waals surface area contributed by atoms with E-state index in [4.69, 9.17) is 18.9 Å². The number of ether oxygens (including phenoxy) is 4. The summed E-state index contributed by atoms with van der Waals surface area (Å²) in [5.74, 6) is 3.31. The Morgan fingerprint density at radius 3 is 2.29 bits per heavy atom. The SMILES string of the molecule is COc1cc([C@@H]2c3cccc4cccc(c34)C3(SCCCS3)[C@@H]3COC(=O)[C@H]23)cc(OC)c1OC. The summed E-state index contributed by atoms with van der Waals surface area (Å²) in [6.45, 7) is 0.439. The zero-order valence-corrected chi connectivity index (χ0v) is 21.7. The summed E-state index contributed by atoms with van der Waals surface area (Å²) in [5.41, 5.74) is 3.45. The third-order valence-corrected chi connectivity index (χ3v) is 11.2. The fraction of sp³-hybridized carbons (Fsp3) is 0.393. The van der Waals surface area contributed by atoms with E-state index in [0.29, 0.717) is 23.9 Å². The Kier molecular flexibility index (Phi) is 5.80. The molecule has 0 radical (unpaired) electrons. The molecule has 0 saturated carbocycles. The Balaban J connectivity index is 1.68. The van der Waals surface area contributed by atoms with E-state index < -0.39 is 0 Å². The number of hydrogen-bond donors (Lipinski definition) is 0. The molecule has 1 spiro atoms. The average molecular weight is 509 g/mol. The van der Waals surface area contributed by atoms with E-state index >= 15 is 0 Å². The van der Waals surface area contributed by atoms with Crippen molar-refractivity contribution in [3.63, 3.8) is 0 Å². The van der Waals surface area contributed by atoms with Gasteiger partial charge in [-0.25, -0.2) is 0 Å². The van der Waals surface area contributed by atoms with Gasteiger partial charge in [0.1, 0.15) is 0 Å². The molecule has 2 aliphatic heterocycles. The first-order valence-corrected chi connectivity index (χ1v) is 13.9. The van der Waals surface area contributed by atoms with Gasteiger partial charge in [-0.3, -0.25) is 4.79 Å². The molecule has 6 rings (SSSR count). The number of benzene rings is 3. The molecule has 2 heterocycles. The van der Waals surface area contributed by atoms with E-state index in [-0.39, 0.29) is 27.8 Å². The minimum absolute atomic E-state index is 0.0485. The smallest absolute Gasteiger partial charge is 0.310 e. The second-order valence-electron chi connectivity index (χ2n) is 9.17. The van der Waals surface area contributed by atoms with Crippen LogP contribution < -0.4 is 14.2 Å². The van der Waals surface area contributed by atoms with Crippen molar-refractivity contribution in [3.8, 4) is 17.2 Å². The molecule has 7 heteroatoms. The summed E-state index contributed by atoms with van der Waals surface area (Å²) in [7, 11) is 4.86. The zero-order chi connectivity index (χ0) is 24.2. The molecule has 182 valence electrons. The van der Waals surface area contributed by atoms with Crippen LogP contribution in [0.5, 0.6) is 17.2 Å². The van der Waals surface area contributed by atoms with Crippen LogP contribution in [0.25, 0.3) is 10.8 Å². The Hall–Kier alpha value is -2.51. The summed E-state index contributed by atoms with van der Waals surface area (Å²) < 4.78 is 22.6. The number of thioether (sulfide) groups is 2. The van der Waals surface area contributed by atoms with E-state index in [1.54, 1.807) is 21.3 Å². The van der Waals surface area contributed by atoms with Gasteiger partial charge in [0.25, 0.3) is 0 Å². The number of carbonyl (C=O) groups is 1. The molecule has 5 nitrogen and oxygen atoms in total. The van der Waals surface area contributed by atoms with Gasteiger partial charge >= 0.3 is 5.97 Å². The maximum Gasteiger partial charge on any atom is 0.310 e. The molecule has 35 heavy (non-hydrogen) atoms. The fourth-order valence-electron chi connectivity index (χ4n) is 6.15. The summed E-state index contributed by atoms with van der Waals surface area (Å²) in [5, 5.41) is 2.47. The molecule has 0 N–H and O–H groups in total. The van der Waals surface area contributed by atoms with E-state index in [9.17, 15) is 4.79 Å². The van der Waals surface area contributed by atoms with E-state index in [1.807, 2.05) is 35.7 Å². The maximum atomic E-state index is 13.5. The molecule has 3 aromatic rings. The predicted molar refractivity (Wildman–Crippen MR) is 141 cm³/mol. The highest BCUT2D eigenvalue weighted by Gasteiger charge is 2.58. The third-order valence-electron chi connectivity index (χ3n) is 7.57. The van der Waals surface area contributed by atoms with Crippen LogP contribution in [0.4, 0.5) is 0 Å². The van der Waals surface area contributed by atoms with Crippen LogP contribution in [0.3, 0.4) is 0 Å². The highest BCUT2D eigenvalue weighted by Crippen LogP contribution is 2.64. The van der Waals surface area contributed by atoms with Gasteiger partial charge in [0.2, 0.25) is 5.75 Å². The fourth-order valence-corrected chi connectivity index (χ4v) is 9.86. The first-order valence-electron chi connectivity index (χ1n) is 11.9. The lowest BCUT2D eigenvalue weighted by atomic mass is 9.75. The van der Waals surface area contributed by atoms with Crippen molar-refractivity contribution in [1.82, 2.24) is 0 Å². The maximum absolute atomic E-state index is 13.5. The van der Waals surface area contributed by atoms with Gasteiger partial charge in [-0.15, -0.1) is 23.5 Å². The molecule has 0 amide bonds. The van der Waals surface area contributed by atoms with Gasteiger partial charge in [0, 0.05) is 11.8 Å². The van der Waals surface area contributed by atoms with Crippen LogP contribution in [0.1, 0.15) is 29.0 Å². The number of rotatable bonds is 4. The molecule has 1 aliphatic carbocycles. The molecule has 3 aliphatic rings. The van der Waals surface area contributed by atoms with Crippen molar-refractivity contribution >= 4 is 40.3 Å². The van der Waals surface area contributed by atoms with Crippen LogP contribution in [0.2, 0.25) is 0 Å². The lowest BCUT2D eigenvalue weighted by molar-refractivity contribution is -0.141. The molecule has 3 atom stereocenters. The summed E-state index contributed by atoms with van der Waals surface area (Å²) in [6.07, 6.45) is 1.18. The zero-order valence-electron chi connectivity index (χ0n) is 20.0. The van der Waals surface area contributed by atoms with Crippen molar-refractivity contribution in [1.29, 1.82) is 0 Å². The van der Waals surface area contributed by atoms with Crippen LogP contribution in [0.15, 0.2) is 48.5 Å². The van der Waals surface area contributed by atoms with Crippen molar-refractivity contribution in [2.45, 2.75) is 16.4 Å². The van der Waals surface area contributed by atoms with Crippen LogP contribution in [-0.2, 0) is 13.6 Å². The van der Waals surface area contributed by atoms with E-state index in [0.717, 1.165) is 22.6 Å². The minimum atomic E-state index is -0.311. The minimum Gasteiger partial charge on any atom is -0.493 e. The lowest BCUT2D eigenvalue weighted by Crippen LogP contribution is -2.37. The van der Waals surface area contributed by atoms with Gasteiger partial charge in [0.05, 0.1) is 37.9 Å². The molecule has 0 aromatic heterocycles. The molecule has 3 aromatic carbocycles. The molecule has 0 bridgehead atoms. The van der Waals surface area contributed by atoms with Gasteiger partial charge in [0.15, 0.2) is 11.5 Å². The quantitative estimate of drug-likeness (QED) is 0.412. The molecule has 0 unspecified atom stereocenters. The van der Waals surface area contributed by atoms with Gasteiger partial charge in [-0.2, -0.15) is 0 Å². The van der Waals surface area contributed by atoms with Crippen LogP contribution >= 0.6 is 23.5 Å². The van der Waals surface area contributed by atoms with E-state index in [2.05, 4.69) is 36.4 Å². The van der Waals surface area contributed by atoms with Crippen molar-refractivity contribution in [2.24, 2.45) is 11.8 Å². The largest absolute Gasteiger partial charge is 0.493 e. The number of esters is 1. The summed E-state index contributed by atoms with van der Waals surface area (Å²) in [6, 6.07) is 17.1. The lowest BCUT2D eigenvalue weighted by Gasteiger charge is -2.42. The van der Waals surface area contributed by atoms with Crippen molar-refractivity contribution < 1.29 is 23.7 Å². The normalized spacial score (nSPS) is 24.5. The van der Waals surface area contributed by atoms with Gasteiger partial charge in [-0.1, -0.05) is 36.4 Å². The highest BCUT2D eigenvalue weighted by molar-refractivity contribution is 8.18. The molecule has 2 fully saturated rings. The third kappa shape index (κ3) is 3.34. The second kappa shape index (κ2) is 8.86. The Morgan fingerprint density at radius 1 is 0.943 bits per heavy atom. The Morgan fingerprint density at radius 2 is 1.63 bits per heavy atom. The first kappa shape index (κ1) is 22.9. The molecular weight excluding hydrogens is 480 g/mol. The van der Waals surface area contributed by atoms with E-state index in [1.165, 1.54) is 22.8 Å². The Bertz CT molecular complexity index is 1270. The van der Waals surface area contributed by atoms with Gasteiger partial charge in [-0.05, 0) is 57.5 Å². The predicted octanol–water partition coefficient (Wildman–Crippen LogP) is 5.82. The standard InChI is InChI=1S/C28H28O5S2/c1-30-21-13-17(14-22(31-2)26(21)32-3)24-18-9-4-7-16-8-5-10-19(23(16)18)28(34-11-6-12-35-28)20-15-33-27(29)25(20)24/h4-5,7-10,13-14,20,24-25H,6,11-12,15H2,1-3H3/t20-,24-,25+/m1/s1. The topological polar surface area (TPSA) is 54.0 Å². The number of fused-ring (bicyclic) bond motifs is 3. The summed E-state index contributed by atoms with van der Waals surface area (Å²) in [4.78, 5) is 13.5. The van der Waals surface area contributed by atoms with Crippen molar-refractivity contribution in [2.75, 3.05) is 39.4 Å². The summed E-state index contributed by atoms with van der Waals surface area (Å²) >= 11 is 3.99. The van der Waals surface area contributed by atoms with Gasteiger partial charge < -0.3 is 18.9 Å².